The zero-order valence-electron chi connectivity index (χ0n) is 13.5. The van der Waals surface area contributed by atoms with E-state index in [1.54, 1.807) is 42.5 Å². The third kappa shape index (κ3) is 3.82. The average molecular weight is 343 g/mol. The van der Waals surface area contributed by atoms with Crippen LogP contribution < -0.4 is 19.5 Å². The minimum atomic E-state index is -1.02. The van der Waals surface area contributed by atoms with Crippen molar-refractivity contribution in [3.63, 3.8) is 0 Å². The van der Waals surface area contributed by atoms with Gasteiger partial charge in [0, 0.05) is 5.56 Å². The number of carboxylic acid groups (broad SMARTS) is 1. The van der Waals surface area contributed by atoms with Gasteiger partial charge in [0.25, 0.3) is 5.91 Å². The first-order valence-corrected chi connectivity index (χ1v) is 7.63. The fraction of sp³-hybridized carbons (Fsp3) is 0.222. The number of methoxy groups -OCH3 is 1. The number of aliphatic carboxylic acids is 1. The average Bonchev–Trinajstić information content (AvgIpc) is 3.08. The third-order valence-corrected chi connectivity index (χ3v) is 3.81. The van der Waals surface area contributed by atoms with Crippen molar-refractivity contribution in [1.29, 1.82) is 0 Å². The van der Waals surface area contributed by atoms with E-state index in [1.807, 2.05) is 0 Å². The van der Waals surface area contributed by atoms with Gasteiger partial charge in [0.15, 0.2) is 11.5 Å². The number of amides is 1. The van der Waals surface area contributed by atoms with Crippen LogP contribution in [0.5, 0.6) is 17.2 Å². The van der Waals surface area contributed by atoms with Crippen LogP contribution >= 0.6 is 0 Å². The lowest BCUT2D eigenvalue weighted by atomic mass is 10.0. The molecular formula is C18H17NO6. The van der Waals surface area contributed by atoms with Gasteiger partial charge in [-0.05, 0) is 35.9 Å². The second kappa shape index (κ2) is 7.12. The highest BCUT2D eigenvalue weighted by Gasteiger charge is 2.22. The van der Waals surface area contributed by atoms with Gasteiger partial charge in [-0.15, -0.1) is 0 Å². The standard InChI is InChI=1S/C18H17NO6/c1-23-13-4-2-3-12(7-13)18(22)19-14(9-17(20)21)11-5-6-15-16(8-11)25-10-24-15/h2-8,14H,9-10H2,1H3,(H,19,22)(H,20,21). The summed E-state index contributed by atoms with van der Waals surface area (Å²) in [6, 6.07) is 11.0. The van der Waals surface area contributed by atoms with E-state index >= 15 is 0 Å². The molecule has 2 aromatic carbocycles. The molecule has 0 bridgehead atoms. The number of hydrogen-bond acceptors (Lipinski definition) is 5. The molecule has 3 rings (SSSR count). The highest BCUT2D eigenvalue weighted by Crippen LogP contribution is 2.35. The van der Waals surface area contributed by atoms with Gasteiger partial charge in [0.1, 0.15) is 5.75 Å². The monoisotopic (exact) mass is 343 g/mol. The van der Waals surface area contributed by atoms with Crippen LogP contribution in [0.1, 0.15) is 28.4 Å². The van der Waals surface area contributed by atoms with Gasteiger partial charge in [-0.2, -0.15) is 0 Å². The number of nitrogens with one attached hydrogen (secondary N) is 1. The summed E-state index contributed by atoms with van der Waals surface area (Å²) in [5.41, 5.74) is 1.01. The lowest BCUT2D eigenvalue weighted by molar-refractivity contribution is -0.137. The molecule has 1 atom stereocenters. The molecule has 0 spiro atoms. The highest BCUT2D eigenvalue weighted by atomic mass is 16.7. The Morgan fingerprint density at radius 2 is 2.00 bits per heavy atom. The summed E-state index contributed by atoms with van der Waals surface area (Å²) in [5, 5.41) is 11.9. The number of carbonyl (C=O) groups is 2. The molecule has 25 heavy (non-hydrogen) atoms. The molecule has 7 nitrogen and oxygen atoms in total. The van der Waals surface area contributed by atoms with Crippen LogP contribution in [0.15, 0.2) is 42.5 Å². The van der Waals surface area contributed by atoms with Gasteiger partial charge in [-0.1, -0.05) is 12.1 Å². The largest absolute Gasteiger partial charge is 0.497 e. The first-order chi connectivity index (χ1) is 12.1. The maximum Gasteiger partial charge on any atom is 0.305 e. The van der Waals surface area contributed by atoms with Crippen molar-refractivity contribution in [3.05, 3.63) is 53.6 Å². The number of rotatable bonds is 6. The number of fused-ring (bicyclic) bond motifs is 1. The zero-order chi connectivity index (χ0) is 17.8. The van der Waals surface area contributed by atoms with Gasteiger partial charge in [-0.25, -0.2) is 0 Å². The van der Waals surface area contributed by atoms with Crippen molar-refractivity contribution >= 4 is 11.9 Å². The van der Waals surface area contributed by atoms with Gasteiger partial charge < -0.3 is 24.6 Å². The third-order valence-electron chi connectivity index (χ3n) is 3.81. The Kier molecular flexibility index (Phi) is 4.74. The summed E-state index contributed by atoms with van der Waals surface area (Å²) < 4.78 is 15.7. The van der Waals surface area contributed by atoms with Crippen LogP contribution in [0.4, 0.5) is 0 Å². The van der Waals surface area contributed by atoms with Gasteiger partial charge in [0.05, 0.1) is 19.6 Å². The minimum Gasteiger partial charge on any atom is -0.497 e. The minimum absolute atomic E-state index is 0.124. The molecule has 0 radical (unpaired) electrons. The summed E-state index contributed by atoms with van der Waals surface area (Å²) in [4.78, 5) is 23.7. The van der Waals surface area contributed by atoms with E-state index < -0.39 is 12.0 Å². The molecular weight excluding hydrogens is 326 g/mol. The number of ether oxygens (including phenoxy) is 3. The molecule has 0 saturated carbocycles. The van der Waals surface area contributed by atoms with Crippen LogP contribution in [0.2, 0.25) is 0 Å². The smallest absolute Gasteiger partial charge is 0.305 e. The quantitative estimate of drug-likeness (QED) is 0.836. The van der Waals surface area contributed by atoms with Crippen molar-refractivity contribution in [2.75, 3.05) is 13.9 Å². The molecule has 1 amide bonds. The Labute approximate surface area is 144 Å². The van der Waals surface area contributed by atoms with Crippen LogP contribution in [-0.4, -0.2) is 30.9 Å². The molecule has 2 aromatic rings. The summed E-state index contributed by atoms with van der Waals surface area (Å²) in [6.07, 6.45) is -0.255. The molecule has 1 aliphatic heterocycles. The molecule has 1 unspecified atom stereocenters. The van der Waals surface area contributed by atoms with Gasteiger partial charge >= 0.3 is 5.97 Å². The molecule has 2 N–H and O–H groups in total. The predicted octanol–water partition coefficient (Wildman–Crippen LogP) is 2.37. The lowest BCUT2D eigenvalue weighted by Crippen LogP contribution is -2.30. The Morgan fingerprint density at radius 1 is 1.20 bits per heavy atom. The van der Waals surface area contributed by atoms with Crippen LogP contribution in [0.3, 0.4) is 0 Å². The second-order valence-electron chi connectivity index (χ2n) is 5.47. The fourth-order valence-corrected chi connectivity index (χ4v) is 2.56. The number of hydrogen-bond donors (Lipinski definition) is 2. The van der Waals surface area contributed by atoms with E-state index in [9.17, 15) is 14.7 Å². The molecule has 0 fully saturated rings. The van der Waals surface area contributed by atoms with E-state index in [-0.39, 0.29) is 19.1 Å². The van der Waals surface area contributed by atoms with Crippen molar-refractivity contribution < 1.29 is 28.9 Å². The fourth-order valence-electron chi connectivity index (χ4n) is 2.56. The molecule has 7 heteroatoms. The lowest BCUT2D eigenvalue weighted by Gasteiger charge is -2.18. The van der Waals surface area contributed by atoms with Crippen LogP contribution in [0, 0.1) is 0 Å². The Hall–Kier alpha value is -3.22. The van der Waals surface area contributed by atoms with Gasteiger partial charge in [0.2, 0.25) is 6.79 Å². The van der Waals surface area contributed by atoms with Crippen molar-refractivity contribution in [2.24, 2.45) is 0 Å². The molecule has 0 aliphatic carbocycles. The number of carboxylic acids is 1. The van der Waals surface area contributed by atoms with Crippen LogP contribution in [-0.2, 0) is 4.79 Å². The maximum absolute atomic E-state index is 12.5. The summed E-state index contributed by atoms with van der Waals surface area (Å²) >= 11 is 0. The summed E-state index contributed by atoms with van der Waals surface area (Å²) in [7, 11) is 1.51. The van der Waals surface area contributed by atoms with E-state index in [2.05, 4.69) is 5.32 Å². The second-order valence-corrected chi connectivity index (χ2v) is 5.47. The Balaban J connectivity index is 1.83. The van der Waals surface area contributed by atoms with E-state index in [1.165, 1.54) is 7.11 Å². The van der Waals surface area contributed by atoms with Gasteiger partial charge in [-0.3, -0.25) is 9.59 Å². The molecule has 1 aliphatic rings. The molecule has 1 heterocycles. The van der Waals surface area contributed by atoms with Crippen molar-refractivity contribution in [1.82, 2.24) is 5.32 Å². The van der Waals surface area contributed by atoms with E-state index in [4.69, 9.17) is 14.2 Å². The van der Waals surface area contributed by atoms with Crippen LogP contribution in [0.25, 0.3) is 0 Å². The van der Waals surface area contributed by atoms with E-state index in [0.29, 0.717) is 28.4 Å². The molecule has 0 saturated heterocycles. The first kappa shape index (κ1) is 16.6. The topological polar surface area (TPSA) is 94.1 Å². The maximum atomic E-state index is 12.5. The van der Waals surface area contributed by atoms with Crippen molar-refractivity contribution in [3.8, 4) is 17.2 Å². The van der Waals surface area contributed by atoms with E-state index in [0.717, 1.165) is 0 Å². The Bertz CT molecular complexity index is 804. The predicted molar refractivity (Wildman–Crippen MR) is 88.0 cm³/mol. The number of carbonyl (C=O) groups excluding carboxylic acids is 1. The SMILES string of the molecule is COc1cccc(C(=O)NC(CC(=O)O)c2ccc3c(c2)OCO3)c1. The number of benzene rings is 2. The zero-order valence-corrected chi connectivity index (χ0v) is 13.5. The highest BCUT2D eigenvalue weighted by molar-refractivity contribution is 5.95. The normalized spacial score (nSPS) is 13.2. The summed E-state index contributed by atoms with van der Waals surface area (Å²) in [5.74, 6) is 0.266. The summed E-state index contributed by atoms with van der Waals surface area (Å²) in [6.45, 7) is 0.124. The Morgan fingerprint density at radius 3 is 2.76 bits per heavy atom. The first-order valence-electron chi connectivity index (χ1n) is 7.63. The molecule has 0 aromatic heterocycles. The molecule has 130 valence electrons. The van der Waals surface area contributed by atoms with Crippen molar-refractivity contribution in [2.45, 2.75) is 12.5 Å².